The van der Waals surface area contributed by atoms with E-state index in [1.54, 1.807) is 28.2 Å². The second kappa shape index (κ2) is 7.70. The number of benzene rings is 1. The monoisotopic (exact) mass is 370 g/mol. The summed E-state index contributed by atoms with van der Waals surface area (Å²) in [6.07, 6.45) is 3.63. The fourth-order valence-electron chi connectivity index (χ4n) is 2.65. The van der Waals surface area contributed by atoms with E-state index in [9.17, 15) is 4.79 Å². The van der Waals surface area contributed by atoms with Crippen LogP contribution in [0.25, 0.3) is 10.6 Å². The number of likely N-dealkylation sites (N-methyl/N-ethyl adjacent to an activating group) is 1. The summed E-state index contributed by atoms with van der Waals surface area (Å²) in [5, 5.41) is 6.71. The summed E-state index contributed by atoms with van der Waals surface area (Å²) in [4.78, 5) is 18.6. The van der Waals surface area contributed by atoms with Crippen molar-refractivity contribution in [1.29, 1.82) is 0 Å². The normalized spacial score (nSPS) is 10.8. The lowest BCUT2D eigenvalue weighted by atomic mass is 10.1. The van der Waals surface area contributed by atoms with Gasteiger partial charge in [-0.2, -0.15) is 5.10 Å². The number of carbonyl (C=O) groups is 1. The highest BCUT2D eigenvalue weighted by molar-refractivity contribution is 7.13. The first-order valence-corrected chi connectivity index (χ1v) is 9.21. The number of ether oxygens (including phenoxy) is 1. The van der Waals surface area contributed by atoms with E-state index in [0.29, 0.717) is 18.8 Å². The standard InChI is InChI=1S/C19H22N4O2S/c1-13-7-14(2)9-16(8-13)25-6-5-22(3)19(24)17-12-26-18(21-17)15-10-20-23(4)11-15/h7-12H,5-6H2,1-4H3. The van der Waals surface area contributed by atoms with Gasteiger partial charge in [0.2, 0.25) is 0 Å². The second-order valence-corrected chi connectivity index (χ2v) is 7.20. The van der Waals surface area contributed by atoms with E-state index >= 15 is 0 Å². The molecule has 0 aliphatic rings. The number of amides is 1. The number of aromatic nitrogens is 3. The first kappa shape index (κ1) is 18.1. The van der Waals surface area contributed by atoms with Crippen LogP contribution < -0.4 is 4.74 Å². The minimum atomic E-state index is -0.111. The molecule has 0 spiro atoms. The summed E-state index contributed by atoms with van der Waals surface area (Å²) in [7, 11) is 3.61. The molecule has 1 amide bonds. The zero-order valence-electron chi connectivity index (χ0n) is 15.4. The largest absolute Gasteiger partial charge is 0.492 e. The number of hydrogen-bond donors (Lipinski definition) is 0. The van der Waals surface area contributed by atoms with E-state index in [2.05, 4.69) is 16.1 Å². The van der Waals surface area contributed by atoms with Crippen LogP contribution in [0.15, 0.2) is 36.0 Å². The zero-order chi connectivity index (χ0) is 18.7. The third-order valence-corrected chi connectivity index (χ3v) is 4.80. The van der Waals surface area contributed by atoms with Gasteiger partial charge in [0.15, 0.2) is 0 Å². The molecule has 0 unspecified atom stereocenters. The summed E-state index contributed by atoms with van der Waals surface area (Å²) in [5.74, 6) is 0.719. The summed E-state index contributed by atoms with van der Waals surface area (Å²) in [5.41, 5.74) is 3.68. The summed E-state index contributed by atoms with van der Waals surface area (Å²) in [6, 6.07) is 6.09. The minimum Gasteiger partial charge on any atom is -0.492 e. The lowest BCUT2D eigenvalue weighted by molar-refractivity contribution is 0.0769. The van der Waals surface area contributed by atoms with Gasteiger partial charge in [0.05, 0.1) is 12.7 Å². The van der Waals surface area contributed by atoms with E-state index in [4.69, 9.17) is 4.74 Å². The average molecular weight is 370 g/mol. The number of aryl methyl sites for hydroxylation is 3. The molecule has 3 aromatic rings. The lowest BCUT2D eigenvalue weighted by Gasteiger charge is -2.16. The fourth-order valence-corrected chi connectivity index (χ4v) is 3.42. The fraction of sp³-hybridized carbons (Fsp3) is 0.316. The van der Waals surface area contributed by atoms with Crippen LogP contribution in [0.1, 0.15) is 21.6 Å². The minimum absolute atomic E-state index is 0.111. The Bertz CT molecular complexity index is 896. The number of thiazole rings is 1. The van der Waals surface area contributed by atoms with Crippen molar-refractivity contribution < 1.29 is 9.53 Å². The van der Waals surface area contributed by atoms with Crippen molar-refractivity contribution in [3.8, 4) is 16.3 Å². The van der Waals surface area contributed by atoms with Gasteiger partial charge >= 0.3 is 0 Å². The van der Waals surface area contributed by atoms with Gasteiger partial charge in [-0.05, 0) is 37.1 Å². The van der Waals surface area contributed by atoms with Crippen LogP contribution in [-0.4, -0.2) is 45.8 Å². The Morgan fingerprint density at radius 1 is 1.27 bits per heavy atom. The molecule has 0 aliphatic carbocycles. The number of nitrogens with zero attached hydrogens (tertiary/aromatic N) is 4. The molecule has 136 valence electrons. The molecule has 26 heavy (non-hydrogen) atoms. The van der Waals surface area contributed by atoms with Gasteiger partial charge in [0.25, 0.3) is 5.91 Å². The molecule has 0 N–H and O–H groups in total. The second-order valence-electron chi connectivity index (χ2n) is 6.34. The molecule has 7 heteroatoms. The highest BCUT2D eigenvalue weighted by Gasteiger charge is 2.16. The van der Waals surface area contributed by atoms with Gasteiger partial charge in [-0.25, -0.2) is 4.98 Å². The molecular weight excluding hydrogens is 348 g/mol. The molecule has 0 saturated carbocycles. The number of hydrogen-bond acceptors (Lipinski definition) is 5. The Morgan fingerprint density at radius 2 is 2.00 bits per heavy atom. The maximum atomic E-state index is 12.5. The quantitative estimate of drug-likeness (QED) is 0.668. The molecule has 0 atom stereocenters. The van der Waals surface area contributed by atoms with Crippen molar-refractivity contribution in [2.75, 3.05) is 20.2 Å². The SMILES string of the molecule is Cc1cc(C)cc(OCCN(C)C(=O)c2csc(-c3cnn(C)c3)n2)c1. The third kappa shape index (κ3) is 4.29. The summed E-state index contributed by atoms with van der Waals surface area (Å²) in [6.45, 7) is 5.01. The van der Waals surface area contributed by atoms with Crippen LogP contribution in [0.3, 0.4) is 0 Å². The average Bonchev–Trinajstić information content (AvgIpc) is 3.22. The predicted octanol–water partition coefficient (Wildman–Crippen LogP) is 3.31. The number of carbonyl (C=O) groups excluding carboxylic acids is 1. The molecule has 0 aliphatic heterocycles. The van der Waals surface area contributed by atoms with Gasteiger partial charge in [0, 0.05) is 31.2 Å². The lowest BCUT2D eigenvalue weighted by Crippen LogP contribution is -2.31. The summed E-state index contributed by atoms with van der Waals surface area (Å²) >= 11 is 1.44. The van der Waals surface area contributed by atoms with E-state index in [1.165, 1.54) is 11.3 Å². The van der Waals surface area contributed by atoms with Gasteiger partial charge in [-0.1, -0.05) is 6.07 Å². The van der Waals surface area contributed by atoms with E-state index in [1.807, 2.05) is 39.2 Å². The molecule has 2 heterocycles. The molecule has 0 fully saturated rings. The summed E-state index contributed by atoms with van der Waals surface area (Å²) < 4.78 is 7.50. The van der Waals surface area contributed by atoms with Gasteiger partial charge in [-0.3, -0.25) is 9.48 Å². The maximum absolute atomic E-state index is 12.5. The Balaban J connectivity index is 1.57. The topological polar surface area (TPSA) is 60.2 Å². The van der Waals surface area contributed by atoms with Gasteiger partial charge in [-0.15, -0.1) is 11.3 Å². The van der Waals surface area contributed by atoms with Crippen molar-refractivity contribution in [3.05, 3.63) is 52.8 Å². The molecule has 1 aromatic carbocycles. The van der Waals surface area contributed by atoms with E-state index in [0.717, 1.165) is 27.4 Å². The van der Waals surface area contributed by atoms with Crippen molar-refractivity contribution in [3.63, 3.8) is 0 Å². The van der Waals surface area contributed by atoms with Crippen molar-refractivity contribution >= 4 is 17.2 Å². The van der Waals surface area contributed by atoms with Crippen molar-refractivity contribution in [1.82, 2.24) is 19.7 Å². The molecule has 0 radical (unpaired) electrons. The maximum Gasteiger partial charge on any atom is 0.273 e. The molecule has 0 bridgehead atoms. The molecule has 2 aromatic heterocycles. The highest BCUT2D eigenvalue weighted by atomic mass is 32.1. The highest BCUT2D eigenvalue weighted by Crippen LogP contribution is 2.23. The first-order valence-electron chi connectivity index (χ1n) is 8.33. The van der Waals surface area contributed by atoms with Crippen LogP contribution >= 0.6 is 11.3 Å². The van der Waals surface area contributed by atoms with E-state index in [-0.39, 0.29) is 5.91 Å². The van der Waals surface area contributed by atoms with Crippen LogP contribution in [0, 0.1) is 13.8 Å². The Morgan fingerprint density at radius 3 is 2.65 bits per heavy atom. The third-order valence-electron chi connectivity index (χ3n) is 3.91. The smallest absolute Gasteiger partial charge is 0.273 e. The van der Waals surface area contributed by atoms with Crippen LogP contribution in [0.4, 0.5) is 0 Å². The van der Waals surface area contributed by atoms with E-state index < -0.39 is 0 Å². The van der Waals surface area contributed by atoms with Gasteiger partial charge in [0.1, 0.15) is 23.1 Å². The van der Waals surface area contributed by atoms with Crippen LogP contribution in [-0.2, 0) is 7.05 Å². The number of rotatable bonds is 6. The Labute approximate surface area is 157 Å². The van der Waals surface area contributed by atoms with Gasteiger partial charge < -0.3 is 9.64 Å². The zero-order valence-corrected chi connectivity index (χ0v) is 16.2. The van der Waals surface area contributed by atoms with Crippen LogP contribution in [0.2, 0.25) is 0 Å². The molecule has 3 rings (SSSR count). The first-order chi connectivity index (χ1) is 12.4. The molecule has 0 saturated heterocycles. The molecule has 6 nitrogen and oxygen atoms in total. The van der Waals surface area contributed by atoms with Crippen LogP contribution in [0.5, 0.6) is 5.75 Å². The Hall–Kier alpha value is -2.67. The Kier molecular flexibility index (Phi) is 5.37. The van der Waals surface area contributed by atoms with Crippen molar-refractivity contribution in [2.24, 2.45) is 7.05 Å². The molecular formula is C19H22N4O2S. The van der Waals surface area contributed by atoms with Crippen molar-refractivity contribution in [2.45, 2.75) is 13.8 Å². The predicted molar refractivity (Wildman–Crippen MR) is 103 cm³/mol.